The number of nitrogens with one attached hydrogen (secondary N) is 1. The maximum atomic E-state index is 13.0. The maximum absolute atomic E-state index is 13.0. The van der Waals surface area contributed by atoms with Gasteiger partial charge in [-0.05, 0) is 43.5 Å². The lowest BCUT2D eigenvalue weighted by molar-refractivity contribution is -0.113. The van der Waals surface area contributed by atoms with Crippen LogP contribution in [0.15, 0.2) is 38.7 Å². The van der Waals surface area contributed by atoms with E-state index in [4.69, 9.17) is 0 Å². The number of rotatable bonds is 6. The van der Waals surface area contributed by atoms with Crippen molar-refractivity contribution in [2.45, 2.75) is 56.6 Å². The van der Waals surface area contributed by atoms with E-state index in [1.54, 1.807) is 4.57 Å². The molecule has 1 heterocycles. The van der Waals surface area contributed by atoms with Gasteiger partial charge in [0.2, 0.25) is 11.8 Å². The average molecular weight is 466 g/mol. The summed E-state index contributed by atoms with van der Waals surface area (Å²) in [7, 11) is 0. The quantitative estimate of drug-likeness (QED) is 0.484. The normalized spacial score (nSPS) is 14.8. The van der Waals surface area contributed by atoms with E-state index in [1.165, 1.54) is 18.2 Å². The molecule has 28 heavy (non-hydrogen) atoms. The molecule has 0 saturated heterocycles. The van der Waals surface area contributed by atoms with Gasteiger partial charge >= 0.3 is 0 Å². The summed E-state index contributed by atoms with van der Waals surface area (Å²) in [5.74, 6) is -0.300. The first-order valence-electron chi connectivity index (χ1n) is 9.52. The Hall–Kier alpha value is -1.80. The van der Waals surface area contributed by atoms with Crippen molar-refractivity contribution in [1.29, 1.82) is 0 Å². The summed E-state index contributed by atoms with van der Waals surface area (Å²) in [5, 5.41) is 13.4. The Morgan fingerprint density at radius 1 is 1.29 bits per heavy atom. The maximum Gasteiger partial charge on any atom is 0.261 e. The van der Waals surface area contributed by atoms with E-state index < -0.39 is 0 Å². The minimum absolute atomic E-state index is 0.0803. The van der Waals surface area contributed by atoms with Crippen LogP contribution in [0.2, 0.25) is 0 Å². The Morgan fingerprint density at radius 3 is 2.61 bits per heavy atom. The molecule has 0 bridgehead atoms. The van der Waals surface area contributed by atoms with Gasteiger partial charge in [0.05, 0.1) is 11.3 Å². The van der Waals surface area contributed by atoms with Crippen molar-refractivity contribution in [2.75, 3.05) is 11.1 Å². The summed E-state index contributed by atoms with van der Waals surface area (Å²) in [6.07, 6.45) is 5.61. The number of carbonyl (C=O) groups excluding carboxylic acids is 1. The minimum atomic E-state index is -0.227. The van der Waals surface area contributed by atoms with E-state index in [0.29, 0.717) is 22.8 Å². The Bertz CT molecular complexity index is 893. The molecule has 1 aromatic heterocycles. The SMILES string of the molecule is CCc1c(O)nc(SCC(=O)Nc2ccc(Br)cc2)n(C2CCCCC2)c1=O. The first-order valence-corrected chi connectivity index (χ1v) is 11.3. The number of hydrogen-bond donors (Lipinski definition) is 2. The van der Waals surface area contributed by atoms with Crippen LogP contribution < -0.4 is 10.9 Å². The number of hydrogen-bond acceptors (Lipinski definition) is 5. The topological polar surface area (TPSA) is 84.2 Å². The van der Waals surface area contributed by atoms with Gasteiger partial charge in [0.25, 0.3) is 5.56 Å². The molecule has 0 unspecified atom stereocenters. The summed E-state index contributed by atoms with van der Waals surface area (Å²) in [6.45, 7) is 1.84. The molecule has 1 aliphatic rings. The van der Waals surface area contributed by atoms with E-state index in [1.807, 2.05) is 31.2 Å². The molecule has 0 spiro atoms. The predicted molar refractivity (Wildman–Crippen MR) is 115 cm³/mol. The second kappa shape index (κ2) is 9.60. The van der Waals surface area contributed by atoms with Crippen molar-refractivity contribution in [3.63, 3.8) is 0 Å². The molecule has 8 heteroatoms. The first-order chi connectivity index (χ1) is 13.5. The Labute approximate surface area is 176 Å². The van der Waals surface area contributed by atoms with Crippen LogP contribution in [0, 0.1) is 0 Å². The third-order valence-corrected chi connectivity index (χ3v) is 6.39. The van der Waals surface area contributed by atoms with Crippen LogP contribution in [0.5, 0.6) is 5.88 Å². The van der Waals surface area contributed by atoms with Crippen LogP contribution >= 0.6 is 27.7 Å². The van der Waals surface area contributed by atoms with Gasteiger partial charge in [-0.1, -0.05) is 53.9 Å². The van der Waals surface area contributed by atoms with Gasteiger partial charge in [-0.2, -0.15) is 4.98 Å². The second-order valence-electron chi connectivity index (χ2n) is 6.86. The van der Waals surface area contributed by atoms with Gasteiger partial charge in [0.1, 0.15) is 0 Å². The summed E-state index contributed by atoms with van der Waals surface area (Å²) in [5.41, 5.74) is 0.863. The molecule has 1 aliphatic carbocycles. The Balaban J connectivity index is 1.79. The van der Waals surface area contributed by atoms with Gasteiger partial charge < -0.3 is 10.4 Å². The van der Waals surface area contributed by atoms with Gasteiger partial charge in [-0.3, -0.25) is 14.2 Å². The molecular formula is C20H24BrN3O3S. The van der Waals surface area contributed by atoms with E-state index in [9.17, 15) is 14.7 Å². The highest BCUT2D eigenvalue weighted by molar-refractivity contribution is 9.10. The number of halogens is 1. The molecule has 3 rings (SSSR count). The van der Waals surface area contributed by atoms with Gasteiger partial charge in [0.15, 0.2) is 5.16 Å². The second-order valence-corrected chi connectivity index (χ2v) is 8.72. The van der Waals surface area contributed by atoms with Crippen molar-refractivity contribution < 1.29 is 9.90 Å². The minimum Gasteiger partial charge on any atom is -0.493 e. The third-order valence-electron chi connectivity index (χ3n) is 4.91. The highest BCUT2D eigenvalue weighted by atomic mass is 79.9. The first kappa shape index (κ1) is 20.9. The summed E-state index contributed by atoms with van der Waals surface area (Å²) < 4.78 is 2.64. The fourth-order valence-electron chi connectivity index (χ4n) is 3.47. The average Bonchev–Trinajstić information content (AvgIpc) is 2.69. The zero-order valence-electron chi connectivity index (χ0n) is 15.8. The molecule has 2 N–H and O–H groups in total. The smallest absolute Gasteiger partial charge is 0.261 e. The van der Waals surface area contributed by atoms with E-state index >= 15 is 0 Å². The number of aromatic hydroxyl groups is 1. The Kier molecular flexibility index (Phi) is 7.18. The zero-order valence-corrected chi connectivity index (χ0v) is 18.2. The van der Waals surface area contributed by atoms with Crippen molar-refractivity contribution in [1.82, 2.24) is 9.55 Å². The molecule has 0 atom stereocenters. The number of amides is 1. The fourth-order valence-corrected chi connectivity index (χ4v) is 4.59. The number of carbonyl (C=O) groups is 1. The lowest BCUT2D eigenvalue weighted by atomic mass is 9.95. The molecule has 150 valence electrons. The summed E-state index contributed by atoms with van der Waals surface area (Å²) in [6, 6.07) is 7.41. The van der Waals surface area contributed by atoms with E-state index in [-0.39, 0.29) is 29.1 Å². The van der Waals surface area contributed by atoms with Crippen molar-refractivity contribution in [3.8, 4) is 5.88 Å². The third kappa shape index (κ3) is 4.97. The molecule has 1 fully saturated rings. The Morgan fingerprint density at radius 2 is 1.96 bits per heavy atom. The van der Waals surface area contributed by atoms with Crippen molar-refractivity contribution in [2.24, 2.45) is 0 Å². The zero-order chi connectivity index (χ0) is 20.1. The lowest BCUT2D eigenvalue weighted by Gasteiger charge is -2.26. The summed E-state index contributed by atoms with van der Waals surface area (Å²) >= 11 is 4.55. The van der Waals surface area contributed by atoms with E-state index in [2.05, 4.69) is 26.2 Å². The van der Waals surface area contributed by atoms with Crippen molar-refractivity contribution >= 4 is 39.3 Å². The molecule has 0 aliphatic heterocycles. The van der Waals surface area contributed by atoms with E-state index in [0.717, 1.165) is 30.2 Å². The molecule has 1 aromatic carbocycles. The number of thioether (sulfide) groups is 1. The highest BCUT2D eigenvalue weighted by Crippen LogP contribution is 2.31. The van der Waals surface area contributed by atoms with Crippen LogP contribution in [0.25, 0.3) is 0 Å². The van der Waals surface area contributed by atoms with Crippen LogP contribution in [0.1, 0.15) is 50.6 Å². The van der Waals surface area contributed by atoms with Crippen LogP contribution in [0.3, 0.4) is 0 Å². The lowest BCUT2D eigenvalue weighted by Crippen LogP contribution is -2.31. The van der Waals surface area contributed by atoms with Gasteiger partial charge in [0, 0.05) is 16.2 Å². The van der Waals surface area contributed by atoms with Crippen molar-refractivity contribution in [3.05, 3.63) is 44.7 Å². The number of aromatic nitrogens is 2. The monoisotopic (exact) mass is 465 g/mol. The highest BCUT2D eigenvalue weighted by Gasteiger charge is 2.24. The molecule has 2 aromatic rings. The number of nitrogens with zero attached hydrogens (tertiary/aromatic N) is 2. The largest absolute Gasteiger partial charge is 0.493 e. The molecule has 6 nitrogen and oxygen atoms in total. The number of benzene rings is 1. The van der Waals surface area contributed by atoms with Gasteiger partial charge in [-0.25, -0.2) is 0 Å². The standard InChI is InChI=1S/C20H24BrN3O3S/c1-2-16-18(26)23-20(24(19(16)27)15-6-4-3-5-7-15)28-12-17(25)22-14-10-8-13(21)9-11-14/h8-11,15,26H,2-7,12H2,1H3,(H,22,25). The fraction of sp³-hybridized carbons (Fsp3) is 0.450. The molecular weight excluding hydrogens is 442 g/mol. The molecule has 1 amide bonds. The number of anilines is 1. The van der Waals surface area contributed by atoms with Crippen LogP contribution in [-0.4, -0.2) is 26.3 Å². The molecule has 0 radical (unpaired) electrons. The molecule has 1 saturated carbocycles. The predicted octanol–water partition coefficient (Wildman–Crippen LogP) is 4.51. The summed E-state index contributed by atoms with van der Waals surface area (Å²) in [4.78, 5) is 29.5. The van der Waals surface area contributed by atoms with Gasteiger partial charge in [-0.15, -0.1) is 0 Å². The van der Waals surface area contributed by atoms with Crippen LogP contribution in [-0.2, 0) is 11.2 Å². The van der Waals surface area contributed by atoms with Crippen LogP contribution in [0.4, 0.5) is 5.69 Å².